The van der Waals surface area contributed by atoms with E-state index in [9.17, 15) is 10.1 Å². The average Bonchev–Trinajstić information content (AvgIpc) is 3.68. The Balaban J connectivity index is 1.45. The number of carbonyl (C=O) groups excluding carboxylic acids is 1. The first-order valence-electron chi connectivity index (χ1n) is 12.6. The Morgan fingerprint density at radius 1 is 1.16 bits per heavy atom. The van der Waals surface area contributed by atoms with Crippen LogP contribution in [-0.2, 0) is 17.4 Å². The zero-order valence-corrected chi connectivity index (χ0v) is 21.6. The minimum atomic E-state index is -0.751. The van der Waals surface area contributed by atoms with Gasteiger partial charge in [0, 0.05) is 23.5 Å². The van der Waals surface area contributed by atoms with Gasteiger partial charge >= 0.3 is 0 Å². The molecule has 1 fully saturated rings. The first-order chi connectivity index (χ1) is 17.6. The van der Waals surface area contributed by atoms with E-state index in [1.165, 1.54) is 17.3 Å². The summed E-state index contributed by atoms with van der Waals surface area (Å²) >= 11 is 0. The number of nitrogens with one attached hydrogen (secondary N) is 4. The number of nitrogens with zero attached hydrogens (tertiary/aromatic N) is 4. The fraction of sp³-hybridized carbons (Fsp3) is 0.393. The number of amides is 1. The van der Waals surface area contributed by atoms with Crippen molar-refractivity contribution >= 4 is 29.2 Å². The average molecular weight is 497 g/mol. The predicted octanol–water partition coefficient (Wildman–Crippen LogP) is 4.43. The predicted molar refractivity (Wildman–Crippen MR) is 143 cm³/mol. The van der Waals surface area contributed by atoms with Crippen molar-refractivity contribution in [3.63, 3.8) is 0 Å². The van der Waals surface area contributed by atoms with Crippen LogP contribution < -0.4 is 21.3 Å². The highest BCUT2D eigenvalue weighted by Crippen LogP contribution is 2.31. The van der Waals surface area contributed by atoms with Gasteiger partial charge in [-0.15, -0.1) is 0 Å². The number of nitriles is 1. The lowest BCUT2D eigenvalue weighted by molar-refractivity contribution is 0.0951. The van der Waals surface area contributed by atoms with E-state index in [-0.39, 0.29) is 17.5 Å². The molecule has 37 heavy (non-hydrogen) atoms. The lowest BCUT2D eigenvalue weighted by Gasteiger charge is -2.34. The molecule has 1 saturated carbocycles. The highest BCUT2D eigenvalue weighted by Gasteiger charge is 2.28. The second-order valence-corrected chi connectivity index (χ2v) is 10.8. The zero-order valence-electron chi connectivity index (χ0n) is 21.6. The van der Waals surface area contributed by atoms with Crippen molar-refractivity contribution in [2.24, 2.45) is 0 Å². The molecule has 1 aromatic carbocycles. The SMILES string of the molecule is CC(C)(C#N)c1cccc(Nc2nc(Nc3ccc4c(c3)CCNC4(C)C)ncc2C(=O)NC2CC2)n1. The number of pyridine rings is 1. The standard InChI is InChI=1S/C28H32N8O/c1-27(2,16-29)22-6-5-7-23(34-22)35-24-20(25(37)32-18-8-9-18)15-30-26(36-24)33-19-10-11-21-17(14-19)12-13-31-28(21,3)4/h5-7,10-11,14-15,18,31H,8-9,12-13H2,1-4H3,(H,32,37)(H2,30,33,34,35,36). The zero-order chi connectivity index (χ0) is 26.2. The topological polar surface area (TPSA) is 128 Å². The quantitative estimate of drug-likeness (QED) is 0.378. The highest BCUT2D eigenvalue weighted by atomic mass is 16.1. The number of benzene rings is 1. The van der Waals surface area contributed by atoms with Gasteiger partial charge in [-0.3, -0.25) is 4.79 Å². The summed E-state index contributed by atoms with van der Waals surface area (Å²) in [6.07, 6.45) is 4.44. The fourth-order valence-electron chi connectivity index (χ4n) is 4.45. The van der Waals surface area contributed by atoms with E-state index in [1.807, 2.05) is 32.0 Å². The molecule has 1 aliphatic carbocycles. The van der Waals surface area contributed by atoms with Crippen LogP contribution in [0.1, 0.15) is 67.7 Å². The smallest absolute Gasteiger partial charge is 0.256 e. The van der Waals surface area contributed by atoms with E-state index >= 15 is 0 Å². The molecule has 0 radical (unpaired) electrons. The van der Waals surface area contributed by atoms with Crippen molar-refractivity contribution in [2.75, 3.05) is 17.2 Å². The molecule has 2 aromatic heterocycles. The van der Waals surface area contributed by atoms with E-state index in [0.717, 1.165) is 31.5 Å². The molecule has 0 bridgehead atoms. The van der Waals surface area contributed by atoms with Crippen LogP contribution in [-0.4, -0.2) is 33.4 Å². The summed E-state index contributed by atoms with van der Waals surface area (Å²) in [5.74, 6) is 0.980. The van der Waals surface area contributed by atoms with Crippen LogP contribution in [0.15, 0.2) is 42.6 Å². The Kier molecular flexibility index (Phi) is 6.30. The molecule has 0 unspecified atom stereocenters. The van der Waals surface area contributed by atoms with E-state index in [4.69, 9.17) is 0 Å². The fourth-order valence-corrected chi connectivity index (χ4v) is 4.45. The minimum absolute atomic E-state index is 0.0715. The molecule has 190 valence electrons. The molecule has 2 aliphatic rings. The van der Waals surface area contributed by atoms with Gasteiger partial charge in [0.25, 0.3) is 5.91 Å². The molecular weight excluding hydrogens is 464 g/mol. The highest BCUT2D eigenvalue weighted by molar-refractivity contribution is 5.99. The largest absolute Gasteiger partial charge is 0.349 e. The molecular formula is C28H32N8O. The first-order valence-corrected chi connectivity index (χ1v) is 12.6. The molecule has 0 saturated heterocycles. The Morgan fingerprint density at radius 3 is 2.73 bits per heavy atom. The maximum atomic E-state index is 12.9. The van der Waals surface area contributed by atoms with Gasteiger partial charge in [0.2, 0.25) is 5.95 Å². The summed E-state index contributed by atoms with van der Waals surface area (Å²) in [4.78, 5) is 26.6. The Labute approximate surface area is 217 Å². The van der Waals surface area contributed by atoms with Gasteiger partial charge in [0.15, 0.2) is 0 Å². The molecule has 3 aromatic rings. The van der Waals surface area contributed by atoms with Crippen molar-refractivity contribution < 1.29 is 4.79 Å². The van der Waals surface area contributed by atoms with Crippen LogP contribution in [0.5, 0.6) is 0 Å². The maximum Gasteiger partial charge on any atom is 0.256 e. The maximum absolute atomic E-state index is 12.9. The molecule has 9 heteroatoms. The third kappa shape index (κ3) is 5.39. The van der Waals surface area contributed by atoms with E-state index in [1.54, 1.807) is 6.07 Å². The summed E-state index contributed by atoms with van der Waals surface area (Å²) in [6.45, 7) is 8.93. The third-order valence-corrected chi connectivity index (χ3v) is 6.86. The lowest BCUT2D eigenvalue weighted by atomic mass is 9.85. The molecule has 3 heterocycles. The second kappa shape index (κ2) is 9.45. The van der Waals surface area contributed by atoms with Crippen LogP contribution in [0, 0.1) is 11.3 Å². The Morgan fingerprint density at radius 2 is 1.97 bits per heavy atom. The Hall–Kier alpha value is -4.03. The molecule has 1 aliphatic heterocycles. The Bertz CT molecular complexity index is 1390. The van der Waals surface area contributed by atoms with E-state index < -0.39 is 5.41 Å². The number of hydrogen-bond acceptors (Lipinski definition) is 8. The summed E-state index contributed by atoms with van der Waals surface area (Å²) in [5, 5.41) is 22.6. The van der Waals surface area contributed by atoms with Gasteiger partial charge in [-0.1, -0.05) is 12.1 Å². The summed E-state index contributed by atoms with van der Waals surface area (Å²) in [6, 6.07) is 14.2. The van der Waals surface area contributed by atoms with Crippen molar-refractivity contribution in [1.82, 2.24) is 25.6 Å². The number of anilines is 4. The van der Waals surface area contributed by atoms with Gasteiger partial charge < -0.3 is 21.3 Å². The van der Waals surface area contributed by atoms with Crippen LogP contribution in [0.25, 0.3) is 0 Å². The molecule has 0 spiro atoms. The molecule has 4 N–H and O–H groups in total. The second-order valence-electron chi connectivity index (χ2n) is 10.8. The van der Waals surface area contributed by atoms with Crippen LogP contribution >= 0.6 is 0 Å². The van der Waals surface area contributed by atoms with Gasteiger partial charge in [0.05, 0.1) is 17.2 Å². The number of rotatable bonds is 7. The van der Waals surface area contributed by atoms with Crippen molar-refractivity contribution in [3.05, 3.63) is 65.0 Å². The van der Waals surface area contributed by atoms with Gasteiger partial charge in [0.1, 0.15) is 17.2 Å². The van der Waals surface area contributed by atoms with Crippen molar-refractivity contribution in [2.45, 2.75) is 64.0 Å². The summed E-state index contributed by atoms with van der Waals surface area (Å²) in [7, 11) is 0. The molecule has 9 nitrogen and oxygen atoms in total. The third-order valence-electron chi connectivity index (χ3n) is 6.86. The molecule has 1 amide bonds. The minimum Gasteiger partial charge on any atom is -0.349 e. The van der Waals surface area contributed by atoms with Crippen LogP contribution in [0.2, 0.25) is 0 Å². The van der Waals surface area contributed by atoms with Gasteiger partial charge in [-0.05, 0) is 88.9 Å². The number of aromatic nitrogens is 3. The van der Waals surface area contributed by atoms with Crippen LogP contribution in [0.3, 0.4) is 0 Å². The summed E-state index contributed by atoms with van der Waals surface area (Å²) < 4.78 is 0. The normalized spacial score (nSPS) is 16.3. The molecule has 0 atom stereocenters. The van der Waals surface area contributed by atoms with E-state index in [2.05, 4.69) is 68.3 Å². The number of fused-ring (bicyclic) bond motifs is 1. The monoisotopic (exact) mass is 496 g/mol. The molecule has 5 rings (SSSR count). The number of carbonyl (C=O) groups is 1. The lowest BCUT2D eigenvalue weighted by Crippen LogP contribution is -2.42. The van der Waals surface area contributed by atoms with E-state index in [0.29, 0.717) is 28.8 Å². The van der Waals surface area contributed by atoms with Gasteiger partial charge in [-0.2, -0.15) is 10.2 Å². The van der Waals surface area contributed by atoms with Crippen molar-refractivity contribution in [3.8, 4) is 6.07 Å². The van der Waals surface area contributed by atoms with Crippen LogP contribution in [0.4, 0.5) is 23.3 Å². The first kappa shape index (κ1) is 24.7. The van der Waals surface area contributed by atoms with Crippen molar-refractivity contribution in [1.29, 1.82) is 5.26 Å². The summed E-state index contributed by atoms with van der Waals surface area (Å²) in [5.41, 5.74) is 3.59. The van der Waals surface area contributed by atoms with Gasteiger partial charge in [-0.25, -0.2) is 9.97 Å². The number of hydrogen-bond donors (Lipinski definition) is 4.